The smallest absolute Gasteiger partial charge is 0.0219 e. The Balaban J connectivity index is 0.000000181. The highest BCUT2D eigenvalue weighted by Crippen LogP contribution is 2.14. The molecule has 0 nitrogen and oxygen atoms in total. The number of benzene rings is 2. The van der Waals surface area contributed by atoms with Gasteiger partial charge in [-0.3, -0.25) is 0 Å². The fourth-order valence-electron chi connectivity index (χ4n) is 1.56. The molecule has 0 unspecified atom stereocenters. The first-order valence-electron chi connectivity index (χ1n) is 6.18. The highest BCUT2D eigenvalue weighted by atomic mass is 14.0. The third-order valence-corrected chi connectivity index (χ3v) is 2.65. The van der Waals surface area contributed by atoms with Crippen LogP contribution in [0.25, 0.3) is 0 Å². The molecule has 2 rings (SSSR count). The van der Waals surface area contributed by atoms with E-state index in [1.54, 1.807) is 0 Å². The van der Waals surface area contributed by atoms with E-state index in [1.807, 2.05) is 18.2 Å². The van der Waals surface area contributed by atoms with Gasteiger partial charge in [0.25, 0.3) is 0 Å². The van der Waals surface area contributed by atoms with Crippen LogP contribution in [0.1, 0.15) is 36.5 Å². The van der Waals surface area contributed by atoms with E-state index in [-0.39, 0.29) is 0 Å². The molecule has 90 valence electrons. The maximum atomic E-state index is 2.24. The first-order valence-corrected chi connectivity index (χ1v) is 6.18. The Kier molecular flexibility index (Phi) is 5.48. The lowest BCUT2D eigenvalue weighted by molar-refractivity contribution is 0.865. The van der Waals surface area contributed by atoms with Crippen molar-refractivity contribution in [3.05, 3.63) is 71.3 Å². The fourth-order valence-corrected chi connectivity index (χ4v) is 1.56. The SMILES string of the molecule is Cc1cccc(C(C)C)c1.Cc1ccccc1. The second kappa shape index (κ2) is 6.90. The second-order valence-electron chi connectivity index (χ2n) is 4.72. The Bertz CT molecular complexity index is 427. The summed E-state index contributed by atoms with van der Waals surface area (Å²) in [4.78, 5) is 0. The maximum Gasteiger partial charge on any atom is -0.0219 e. The predicted molar refractivity (Wildman–Crippen MR) is 76.4 cm³/mol. The lowest BCUT2D eigenvalue weighted by Gasteiger charge is -2.04. The van der Waals surface area contributed by atoms with Gasteiger partial charge in [0.2, 0.25) is 0 Å². The second-order valence-corrected chi connectivity index (χ2v) is 4.72. The van der Waals surface area contributed by atoms with Gasteiger partial charge in [0, 0.05) is 0 Å². The highest BCUT2D eigenvalue weighted by molar-refractivity contribution is 5.24. The topological polar surface area (TPSA) is 0 Å². The van der Waals surface area contributed by atoms with E-state index >= 15 is 0 Å². The molecule has 0 aromatic heterocycles. The number of rotatable bonds is 1. The van der Waals surface area contributed by atoms with Crippen molar-refractivity contribution in [2.24, 2.45) is 0 Å². The summed E-state index contributed by atoms with van der Waals surface area (Å²) >= 11 is 0. The van der Waals surface area contributed by atoms with Gasteiger partial charge in [-0.1, -0.05) is 79.6 Å². The van der Waals surface area contributed by atoms with Crippen molar-refractivity contribution in [2.45, 2.75) is 33.6 Å². The van der Waals surface area contributed by atoms with Crippen LogP contribution in [-0.2, 0) is 0 Å². The lowest BCUT2D eigenvalue weighted by Crippen LogP contribution is -1.86. The molecule has 2 aromatic rings. The largest absolute Gasteiger partial charge is 0.0622 e. The Morgan fingerprint density at radius 3 is 1.65 bits per heavy atom. The Morgan fingerprint density at radius 1 is 0.706 bits per heavy atom. The lowest BCUT2D eigenvalue weighted by atomic mass is 10.0. The molecule has 0 heteroatoms. The molecule has 0 amide bonds. The first kappa shape index (κ1) is 13.5. The molecule has 0 aliphatic carbocycles. The number of hydrogen-bond acceptors (Lipinski definition) is 0. The quantitative estimate of drug-likeness (QED) is 0.633. The average Bonchev–Trinajstić information content (AvgIpc) is 2.31. The molecule has 0 saturated heterocycles. The third-order valence-electron chi connectivity index (χ3n) is 2.65. The van der Waals surface area contributed by atoms with Gasteiger partial charge in [0.05, 0.1) is 0 Å². The summed E-state index contributed by atoms with van der Waals surface area (Å²) in [7, 11) is 0. The van der Waals surface area contributed by atoms with Crippen LogP contribution < -0.4 is 0 Å². The molecule has 0 radical (unpaired) electrons. The molecular formula is C17H22. The highest BCUT2D eigenvalue weighted by Gasteiger charge is 1.96. The Morgan fingerprint density at radius 2 is 1.29 bits per heavy atom. The van der Waals surface area contributed by atoms with Crippen LogP contribution in [0.2, 0.25) is 0 Å². The molecule has 0 spiro atoms. The Labute approximate surface area is 105 Å². The zero-order chi connectivity index (χ0) is 12.7. The standard InChI is InChI=1S/C10H14.C7H8/c1-8(2)10-6-4-5-9(3)7-10;1-7-5-3-2-4-6-7/h4-8H,1-3H3;2-6H,1H3. The summed E-state index contributed by atoms with van der Waals surface area (Å²) in [6.45, 7) is 8.65. The van der Waals surface area contributed by atoms with Gasteiger partial charge in [-0.25, -0.2) is 0 Å². The van der Waals surface area contributed by atoms with Gasteiger partial charge in [-0.05, 0) is 25.3 Å². The van der Waals surface area contributed by atoms with E-state index in [2.05, 4.69) is 64.1 Å². The zero-order valence-electron chi connectivity index (χ0n) is 11.3. The van der Waals surface area contributed by atoms with Gasteiger partial charge in [0.15, 0.2) is 0 Å². The fraction of sp³-hybridized carbons (Fsp3) is 0.294. The van der Waals surface area contributed by atoms with E-state index in [0.717, 1.165) is 0 Å². The average molecular weight is 226 g/mol. The number of aryl methyl sites for hydroxylation is 2. The van der Waals surface area contributed by atoms with E-state index in [1.165, 1.54) is 16.7 Å². The summed E-state index contributed by atoms with van der Waals surface area (Å²) in [6, 6.07) is 18.9. The van der Waals surface area contributed by atoms with E-state index < -0.39 is 0 Å². The molecule has 0 bridgehead atoms. The summed E-state index contributed by atoms with van der Waals surface area (Å²) in [5.74, 6) is 0.653. The predicted octanol–water partition coefficient (Wildman–Crippen LogP) is 5.11. The summed E-state index contributed by atoms with van der Waals surface area (Å²) in [6.07, 6.45) is 0. The van der Waals surface area contributed by atoms with Crippen molar-refractivity contribution in [2.75, 3.05) is 0 Å². The first-order chi connectivity index (χ1) is 8.09. The molecule has 0 aliphatic rings. The summed E-state index contributed by atoms with van der Waals surface area (Å²) < 4.78 is 0. The van der Waals surface area contributed by atoms with Crippen LogP contribution in [0, 0.1) is 13.8 Å². The molecule has 2 aromatic carbocycles. The summed E-state index contributed by atoms with van der Waals surface area (Å²) in [5, 5.41) is 0. The maximum absolute atomic E-state index is 2.24. The minimum Gasteiger partial charge on any atom is -0.0622 e. The molecule has 0 atom stereocenters. The van der Waals surface area contributed by atoms with Crippen LogP contribution in [-0.4, -0.2) is 0 Å². The van der Waals surface area contributed by atoms with Crippen molar-refractivity contribution in [3.8, 4) is 0 Å². The van der Waals surface area contributed by atoms with Gasteiger partial charge in [-0.15, -0.1) is 0 Å². The van der Waals surface area contributed by atoms with E-state index in [0.29, 0.717) is 5.92 Å². The van der Waals surface area contributed by atoms with Crippen molar-refractivity contribution >= 4 is 0 Å². The van der Waals surface area contributed by atoms with Gasteiger partial charge in [-0.2, -0.15) is 0 Å². The van der Waals surface area contributed by atoms with Gasteiger partial charge in [0.1, 0.15) is 0 Å². The third kappa shape index (κ3) is 5.35. The van der Waals surface area contributed by atoms with Gasteiger partial charge < -0.3 is 0 Å². The van der Waals surface area contributed by atoms with Crippen LogP contribution in [0.15, 0.2) is 54.6 Å². The van der Waals surface area contributed by atoms with Crippen molar-refractivity contribution in [3.63, 3.8) is 0 Å². The van der Waals surface area contributed by atoms with Crippen LogP contribution in [0.4, 0.5) is 0 Å². The minimum atomic E-state index is 0.653. The van der Waals surface area contributed by atoms with Crippen LogP contribution >= 0.6 is 0 Å². The normalized spacial score (nSPS) is 9.71. The van der Waals surface area contributed by atoms with Crippen LogP contribution in [0.3, 0.4) is 0 Å². The number of hydrogen-bond donors (Lipinski definition) is 0. The molecule has 0 N–H and O–H groups in total. The summed E-state index contributed by atoms with van der Waals surface area (Å²) in [5.41, 5.74) is 4.11. The van der Waals surface area contributed by atoms with Crippen LogP contribution in [0.5, 0.6) is 0 Å². The van der Waals surface area contributed by atoms with Crippen molar-refractivity contribution in [1.29, 1.82) is 0 Å². The van der Waals surface area contributed by atoms with E-state index in [9.17, 15) is 0 Å². The monoisotopic (exact) mass is 226 g/mol. The van der Waals surface area contributed by atoms with E-state index in [4.69, 9.17) is 0 Å². The zero-order valence-corrected chi connectivity index (χ0v) is 11.3. The molecule has 17 heavy (non-hydrogen) atoms. The van der Waals surface area contributed by atoms with Gasteiger partial charge >= 0.3 is 0 Å². The molecule has 0 aliphatic heterocycles. The van der Waals surface area contributed by atoms with Crippen molar-refractivity contribution in [1.82, 2.24) is 0 Å². The minimum absolute atomic E-state index is 0.653. The molecule has 0 saturated carbocycles. The molecular weight excluding hydrogens is 204 g/mol. The van der Waals surface area contributed by atoms with Crippen molar-refractivity contribution < 1.29 is 0 Å². The Hall–Kier alpha value is -1.56. The molecule has 0 fully saturated rings. The molecule has 0 heterocycles.